The van der Waals surface area contributed by atoms with Crippen LogP contribution < -0.4 is 5.32 Å². The second-order valence-electron chi connectivity index (χ2n) is 6.04. The third-order valence-electron chi connectivity index (χ3n) is 4.21. The molecule has 0 atom stereocenters. The van der Waals surface area contributed by atoms with Gasteiger partial charge in [-0.1, -0.05) is 23.7 Å². The minimum atomic E-state index is 0.172. The highest BCUT2D eigenvalue weighted by Crippen LogP contribution is 2.14. The summed E-state index contributed by atoms with van der Waals surface area (Å²) in [4.78, 5) is 24.8. The van der Waals surface area contributed by atoms with Crippen LogP contribution in [0.2, 0.25) is 5.02 Å². The molecule has 1 aromatic carbocycles. The molecule has 0 spiro atoms. The lowest BCUT2D eigenvalue weighted by atomic mass is 10.2. The summed E-state index contributed by atoms with van der Waals surface area (Å²) in [5.74, 6) is 0.729. The number of carbonyl (C=O) groups is 1. The van der Waals surface area contributed by atoms with Crippen LogP contribution in [0.5, 0.6) is 0 Å². The van der Waals surface area contributed by atoms with E-state index in [1.807, 2.05) is 23.1 Å². The van der Waals surface area contributed by atoms with Gasteiger partial charge in [0.25, 0.3) is 0 Å². The Bertz CT molecular complexity index is 689. The topological polar surface area (TPSA) is 61.4 Å². The standard InChI is InChI=1S/C18H22ClN5O/c19-16-4-1-3-15(13-16)14-23-9-11-24(12-10-23)17(25)5-8-22-18-20-6-2-7-21-18/h1-4,6-7,13H,5,8-12,14H2,(H,20,21,22). The first-order valence-corrected chi connectivity index (χ1v) is 8.84. The Labute approximate surface area is 152 Å². The fourth-order valence-electron chi connectivity index (χ4n) is 2.88. The van der Waals surface area contributed by atoms with Gasteiger partial charge in [0, 0.05) is 63.1 Å². The van der Waals surface area contributed by atoms with E-state index < -0.39 is 0 Å². The highest BCUT2D eigenvalue weighted by Gasteiger charge is 2.20. The summed E-state index contributed by atoms with van der Waals surface area (Å²) < 4.78 is 0. The number of benzene rings is 1. The lowest BCUT2D eigenvalue weighted by Crippen LogP contribution is -2.48. The van der Waals surface area contributed by atoms with Crippen molar-refractivity contribution in [3.05, 3.63) is 53.3 Å². The van der Waals surface area contributed by atoms with Gasteiger partial charge in [-0.3, -0.25) is 9.69 Å². The van der Waals surface area contributed by atoms with Gasteiger partial charge in [-0.15, -0.1) is 0 Å². The van der Waals surface area contributed by atoms with E-state index in [0.717, 1.165) is 37.7 Å². The molecule has 0 unspecified atom stereocenters. The van der Waals surface area contributed by atoms with E-state index in [4.69, 9.17) is 11.6 Å². The predicted octanol–water partition coefficient (Wildman–Crippen LogP) is 2.28. The van der Waals surface area contributed by atoms with E-state index in [-0.39, 0.29) is 5.91 Å². The van der Waals surface area contributed by atoms with Gasteiger partial charge in [0.05, 0.1) is 0 Å². The zero-order valence-electron chi connectivity index (χ0n) is 14.1. The van der Waals surface area contributed by atoms with E-state index in [0.29, 0.717) is 18.9 Å². The van der Waals surface area contributed by atoms with Crippen LogP contribution in [0.15, 0.2) is 42.7 Å². The molecular formula is C18H22ClN5O. The van der Waals surface area contributed by atoms with Crippen molar-refractivity contribution in [3.63, 3.8) is 0 Å². The van der Waals surface area contributed by atoms with Gasteiger partial charge in [0.1, 0.15) is 0 Å². The molecule has 1 aliphatic rings. The van der Waals surface area contributed by atoms with Crippen molar-refractivity contribution in [1.29, 1.82) is 0 Å². The number of amides is 1. The van der Waals surface area contributed by atoms with Gasteiger partial charge < -0.3 is 10.2 Å². The van der Waals surface area contributed by atoms with Crippen molar-refractivity contribution in [2.75, 3.05) is 38.0 Å². The van der Waals surface area contributed by atoms with E-state index >= 15 is 0 Å². The van der Waals surface area contributed by atoms with Crippen LogP contribution >= 0.6 is 11.6 Å². The van der Waals surface area contributed by atoms with Crippen molar-refractivity contribution < 1.29 is 4.79 Å². The summed E-state index contributed by atoms with van der Waals surface area (Å²) in [7, 11) is 0. The summed E-state index contributed by atoms with van der Waals surface area (Å²) in [6.07, 6.45) is 3.80. The number of halogens is 1. The largest absolute Gasteiger partial charge is 0.354 e. The number of nitrogens with zero attached hydrogens (tertiary/aromatic N) is 4. The minimum Gasteiger partial charge on any atom is -0.354 e. The van der Waals surface area contributed by atoms with Gasteiger partial charge in [0.2, 0.25) is 11.9 Å². The number of carbonyl (C=O) groups excluding carboxylic acids is 1. The smallest absolute Gasteiger partial charge is 0.224 e. The average molecular weight is 360 g/mol. The number of hydrogen-bond acceptors (Lipinski definition) is 5. The SMILES string of the molecule is O=C(CCNc1ncccn1)N1CCN(Cc2cccc(Cl)c2)CC1. The van der Waals surface area contributed by atoms with Crippen LogP contribution in [0.3, 0.4) is 0 Å². The van der Waals surface area contributed by atoms with Gasteiger partial charge in [0.15, 0.2) is 0 Å². The fourth-order valence-corrected chi connectivity index (χ4v) is 3.09. The Morgan fingerprint density at radius 2 is 1.88 bits per heavy atom. The Balaban J connectivity index is 1.38. The maximum absolute atomic E-state index is 12.3. The van der Waals surface area contributed by atoms with E-state index in [2.05, 4.69) is 26.3 Å². The van der Waals surface area contributed by atoms with Crippen molar-refractivity contribution in [3.8, 4) is 0 Å². The molecule has 7 heteroatoms. The summed E-state index contributed by atoms with van der Waals surface area (Å²) in [5.41, 5.74) is 1.21. The number of nitrogens with one attached hydrogen (secondary N) is 1. The Morgan fingerprint density at radius 1 is 1.12 bits per heavy atom. The summed E-state index contributed by atoms with van der Waals surface area (Å²) in [6.45, 7) is 4.71. The fraction of sp³-hybridized carbons (Fsp3) is 0.389. The number of hydrogen-bond donors (Lipinski definition) is 1. The Kier molecular flexibility index (Phi) is 6.19. The molecule has 1 saturated heterocycles. The van der Waals surface area contributed by atoms with Crippen LogP contribution in [0, 0.1) is 0 Å². The molecular weight excluding hydrogens is 338 g/mol. The summed E-state index contributed by atoms with van der Waals surface area (Å²) in [6, 6.07) is 9.70. The molecule has 6 nitrogen and oxygen atoms in total. The molecule has 2 heterocycles. The van der Waals surface area contributed by atoms with Gasteiger partial charge in [-0.05, 0) is 23.8 Å². The maximum Gasteiger partial charge on any atom is 0.224 e. The number of rotatable bonds is 6. The number of aromatic nitrogens is 2. The number of piperazine rings is 1. The molecule has 0 bridgehead atoms. The van der Waals surface area contributed by atoms with Crippen molar-refractivity contribution in [2.45, 2.75) is 13.0 Å². The van der Waals surface area contributed by atoms with Crippen LogP contribution in [0.4, 0.5) is 5.95 Å². The molecule has 1 fully saturated rings. The normalized spacial score (nSPS) is 15.2. The molecule has 3 rings (SSSR count). The molecule has 1 aromatic heterocycles. The first-order valence-electron chi connectivity index (χ1n) is 8.46. The molecule has 25 heavy (non-hydrogen) atoms. The lowest BCUT2D eigenvalue weighted by molar-refractivity contribution is -0.132. The summed E-state index contributed by atoms with van der Waals surface area (Å²) in [5, 5.41) is 3.83. The molecule has 1 N–H and O–H groups in total. The highest BCUT2D eigenvalue weighted by molar-refractivity contribution is 6.30. The van der Waals surface area contributed by atoms with E-state index in [1.54, 1.807) is 18.5 Å². The van der Waals surface area contributed by atoms with Crippen LogP contribution in [-0.2, 0) is 11.3 Å². The molecule has 2 aromatic rings. The zero-order chi connectivity index (χ0) is 17.5. The average Bonchev–Trinajstić information content (AvgIpc) is 2.63. The highest BCUT2D eigenvalue weighted by atomic mass is 35.5. The molecule has 0 saturated carbocycles. The Hall–Kier alpha value is -2.18. The molecule has 0 aliphatic carbocycles. The van der Waals surface area contributed by atoms with Crippen molar-refractivity contribution >= 4 is 23.5 Å². The van der Waals surface area contributed by atoms with Crippen molar-refractivity contribution in [1.82, 2.24) is 19.8 Å². The molecule has 1 aliphatic heterocycles. The minimum absolute atomic E-state index is 0.172. The van der Waals surface area contributed by atoms with Crippen molar-refractivity contribution in [2.24, 2.45) is 0 Å². The Morgan fingerprint density at radius 3 is 2.60 bits per heavy atom. The van der Waals surface area contributed by atoms with Gasteiger partial charge >= 0.3 is 0 Å². The van der Waals surface area contributed by atoms with E-state index in [9.17, 15) is 4.79 Å². The van der Waals surface area contributed by atoms with E-state index in [1.165, 1.54) is 5.56 Å². The van der Waals surface area contributed by atoms with Crippen LogP contribution in [-0.4, -0.2) is 58.4 Å². The molecule has 132 valence electrons. The first-order chi connectivity index (χ1) is 12.2. The maximum atomic E-state index is 12.3. The molecule has 1 amide bonds. The third-order valence-corrected chi connectivity index (χ3v) is 4.44. The van der Waals surface area contributed by atoms with Crippen LogP contribution in [0.25, 0.3) is 0 Å². The lowest BCUT2D eigenvalue weighted by Gasteiger charge is -2.34. The quantitative estimate of drug-likeness (QED) is 0.857. The zero-order valence-corrected chi connectivity index (χ0v) is 14.8. The van der Waals surface area contributed by atoms with Gasteiger partial charge in [-0.25, -0.2) is 9.97 Å². The third kappa shape index (κ3) is 5.41. The van der Waals surface area contributed by atoms with Crippen LogP contribution in [0.1, 0.15) is 12.0 Å². The molecule has 0 radical (unpaired) electrons. The monoisotopic (exact) mass is 359 g/mol. The summed E-state index contributed by atoms with van der Waals surface area (Å²) >= 11 is 6.03. The predicted molar refractivity (Wildman–Crippen MR) is 98.4 cm³/mol. The first kappa shape index (κ1) is 17.6. The number of anilines is 1. The van der Waals surface area contributed by atoms with Gasteiger partial charge in [-0.2, -0.15) is 0 Å². The second kappa shape index (κ2) is 8.78. The second-order valence-corrected chi connectivity index (χ2v) is 6.47.